The Morgan fingerprint density at radius 1 is 0.778 bits per heavy atom. The van der Waals surface area contributed by atoms with Crippen LogP contribution in [0.1, 0.15) is 0 Å². The SMILES string of the molecule is O=c1ccc2ncc(F)cc2n1CC1OCCO1.O=c1ccc2ncc(O)cc2n1CC1OCCO1. The lowest BCUT2D eigenvalue weighted by Crippen LogP contribution is -2.27. The molecule has 0 amide bonds. The predicted octanol–water partition coefficient (Wildman–Crippen LogP) is 1.38. The molecule has 2 aliphatic heterocycles. The van der Waals surface area contributed by atoms with Crippen molar-refractivity contribution in [2.24, 2.45) is 0 Å². The summed E-state index contributed by atoms with van der Waals surface area (Å²) in [4.78, 5) is 31.7. The lowest BCUT2D eigenvalue weighted by molar-refractivity contribution is -0.0525. The van der Waals surface area contributed by atoms with Crippen LogP contribution in [0.4, 0.5) is 4.39 Å². The second kappa shape index (κ2) is 10.5. The first kappa shape index (κ1) is 24.0. The van der Waals surface area contributed by atoms with E-state index < -0.39 is 18.4 Å². The topological polar surface area (TPSA) is 127 Å². The third-order valence-electron chi connectivity index (χ3n) is 5.67. The lowest BCUT2D eigenvalue weighted by Gasteiger charge is -2.13. The maximum Gasteiger partial charge on any atom is 0.251 e. The van der Waals surface area contributed by atoms with Crippen LogP contribution in [0.5, 0.6) is 5.75 Å². The van der Waals surface area contributed by atoms with Crippen molar-refractivity contribution in [3.05, 3.63) is 75.3 Å². The average molecular weight is 498 g/mol. The summed E-state index contributed by atoms with van der Waals surface area (Å²) < 4.78 is 37.4. The zero-order valence-corrected chi connectivity index (χ0v) is 19.1. The molecule has 11 nitrogen and oxygen atoms in total. The van der Waals surface area contributed by atoms with Gasteiger partial charge in [-0.15, -0.1) is 0 Å². The smallest absolute Gasteiger partial charge is 0.251 e. The first-order valence-electron chi connectivity index (χ1n) is 11.3. The highest BCUT2D eigenvalue weighted by atomic mass is 19.1. The second-order valence-electron chi connectivity index (χ2n) is 8.06. The molecule has 2 fully saturated rings. The second-order valence-corrected chi connectivity index (χ2v) is 8.06. The fraction of sp³-hybridized carbons (Fsp3) is 0.333. The van der Waals surface area contributed by atoms with Crippen molar-refractivity contribution in [3.8, 4) is 5.75 Å². The Morgan fingerprint density at radius 3 is 1.78 bits per heavy atom. The highest BCUT2D eigenvalue weighted by molar-refractivity contribution is 5.75. The monoisotopic (exact) mass is 498 g/mol. The quantitative estimate of drug-likeness (QED) is 0.444. The van der Waals surface area contributed by atoms with Gasteiger partial charge in [0.1, 0.15) is 11.6 Å². The number of rotatable bonds is 4. The van der Waals surface area contributed by atoms with E-state index in [0.717, 1.165) is 6.20 Å². The van der Waals surface area contributed by atoms with E-state index in [0.29, 0.717) is 55.0 Å². The van der Waals surface area contributed by atoms with Crippen LogP contribution in [0.25, 0.3) is 22.1 Å². The molecule has 4 aromatic heterocycles. The number of aromatic nitrogens is 4. The summed E-state index contributed by atoms with van der Waals surface area (Å²) in [5.41, 5.74) is 1.82. The molecule has 0 bridgehead atoms. The summed E-state index contributed by atoms with van der Waals surface area (Å²) in [5, 5.41) is 9.47. The number of pyridine rings is 4. The van der Waals surface area contributed by atoms with E-state index >= 15 is 0 Å². The molecule has 12 heteroatoms. The number of hydrogen-bond acceptors (Lipinski definition) is 9. The van der Waals surface area contributed by atoms with Crippen LogP contribution in [-0.4, -0.2) is 63.2 Å². The number of hydrogen-bond donors (Lipinski definition) is 1. The molecule has 0 radical (unpaired) electrons. The van der Waals surface area contributed by atoms with Gasteiger partial charge in [-0.05, 0) is 12.1 Å². The average Bonchev–Trinajstić information content (AvgIpc) is 3.58. The minimum Gasteiger partial charge on any atom is -0.506 e. The largest absolute Gasteiger partial charge is 0.506 e. The Kier molecular flexibility index (Phi) is 7.00. The molecule has 0 unspecified atom stereocenters. The Labute approximate surface area is 203 Å². The minimum atomic E-state index is -0.477. The third kappa shape index (κ3) is 5.26. The number of fused-ring (bicyclic) bond motifs is 2. The summed E-state index contributed by atoms with van der Waals surface area (Å²) in [6, 6.07) is 8.86. The molecule has 0 aliphatic carbocycles. The third-order valence-corrected chi connectivity index (χ3v) is 5.67. The zero-order chi connectivity index (χ0) is 25.1. The molecular formula is C24H23FN4O7. The molecule has 6 rings (SSSR count). The fourth-order valence-corrected chi connectivity index (χ4v) is 4.00. The van der Waals surface area contributed by atoms with Gasteiger partial charge in [0.05, 0.1) is 74.0 Å². The molecule has 2 saturated heterocycles. The Morgan fingerprint density at radius 2 is 1.25 bits per heavy atom. The highest BCUT2D eigenvalue weighted by Crippen LogP contribution is 2.17. The van der Waals surface area contributed by atoms with Gasteiger partial charge in [-0.25, -0.2) is 4.39 Å². The van der Waals surface area contributed by atoms with Crippen LogP contribution in [0.2, 0.25) is 0 Å². The molecule has 4 aromatic rings. The van der Waals surface area contributed by atoms with E-state index in [1.54, 1.807) is 12.1 Å². The maximum absolute atomic E-state index is 13.2. The number of aromatic hydroxyl groups is 1. The van der Waals surface area contributed by atoms with E-state index in [-0.39, 0.29) is 23.4 Å². The fourth-order valence-electron chi connectivity index (χ4n) is 4.00. The van der Waals surface area contributed by atoms with Crippen molar-refractivity contribution in [1.82, 2.24) is 19.1 Å². The molecule has 1 N–H and O–H groups in total. The first-order chi connectivity index (χ1) is 17.5. The van der Waals surface area contributed by atoms with Crippen LogP contribution in [-0.2, 0) is 32.0 Å². The van der Waals surface area contributed by atoms with E-state index in [1.807, 2.05) is 0 Å². The minimum absolute atomic E-state index is 0.0232. The van der Waals surface area contributed by atoms with E-state index in [2.05, 4.69) is 9.97 Å². The molecular weight excluding hydrogens is 475 g/mol. The van der Waals surface area contributed by atoms with Gasteiger partial charge in [-0.2, -0.15) is 0 Å². The Hall–Kier alpha value is -3.71. The van der Waals surface area contributed by atoms with E-state index in [9.17, 15) is 19.1 Å². The molecule has 188 valence electrons. The molecule has 2 aliphatic rings. The van der Waals surface area contributed by atoms with Crippen LogP contribution in [0.3, 0.4) is 0 Å². The van der Waals surface area contributed by atoms with Gasteiger partial charge in [0.2, 0.25) is 0 Å². The van der Waals surface area contributed by atoms with Crippen molar-refractivity contribution < 1.29 is 28.4 Å². The maximum atomic E-state index is 13.2. The van der Waals surface area contributed by atoms with Crippen molar-refractivity contribution >= 4 is 22.1 Å². The molecule has 0 atom stereocenters. The lowest BCUT2D eigenvalue weighted by atomic mass is 10.3. The van der Waals surface area contributed by atoms with Crippen LogP contribution in [0.15, 0.2) is 58.4 Å². The molecule has 0 aromatic carbocycles. The van der Waals surface area contributed by atoms with Crippen molar-refractivity contribution in [2.45, 2.75) is 25.7 Å². The first-order valence-corrected chi connectivity index (χ1v) is 11.3. The molecule has 0 spiro atoms. The van der Waals surface area contributed by atoms with Gasteiger partial charge in [0, 0.05) is 24.3 Å². The standard InChI is InChI=1S/C12H11FN2O3.C12H12N2O4/c13-8-5-10-9(14-6-8)1-2-11(16)15(10)7-12-17-3-4-18-12;15-8-5-10-9(13-6-8)1-2-11(16)14(10)7-12-17-3-4-18-12/h1-2,5-6,12H,3-4,7H2;1-2,5-6,12,15H,3-4,7H2. The summed E-state index contributed by atoms with van der Waals surface area (Å²) in [5.74, 6) is -0.454. The van der Waals surface area contributed by atoms with Crippen molar-refractivity contribution in [3.63, 3.8) is 0 Å². The van der Waals surface area contributed by atoms with Crippen molar-refractivity contribution in [2.75, 3.05) is 26.4 Å². The summed E-state index contributed by atoms with van der Waals surface area (Å²) in [6.45, 7) is 2.62. The van der Waals surface area contributed by atoms with Gasteiger partial charge in [-0.3, -0.25) is 19.6 Å². The van der Waals surface area contributed by atoms with E-state index in [4.69, 9.17) is 18.9 Å². The van der Waals surface area contributed by atoms with Gasteiger partial charge >= 0.3 is 0 Å². The van der Waals surface area contributed by atoms with Gasteiger partial charge in [-0.1, -0.05) is 0 Å². The number of nitrogens with zero attached hydrogens (tertiary/aromatic N) is 4. The Balaban J connectivity index is 0.000000148. The van der Waals surface area contributed by atoms with Crippen molar-refractivity contribution in [1.29, 1.82) is 0 Å². The number of halogens is 1. The Bertz CT molecular complexity index is 1380. The van der Waals surface area contributed by atoms with Crippen LogP contribution < -0.4 is 11.1 Å². The van der Waals surface area contributed by atoms with Crippen LogP contribution >= 0.6 is 0 Å². The highest BCUT2D eigenvalue weighted by Gasteiger charge is 2.19. The normalized spacial score (nSPS) is 16.5. The molecule has 0 saturated carbocycles. The van der Waals surface area contributed by atoms with Crippen LogP contribution in [0, 0.1) is 5.82 Å². The summed E-state index contributed by atoms with van der Waals surface area (Å²) in [7, 11) is 0. The number of ether oxygens (including phenoxy) is 4. The summed E-state index contributed by atoms with van der Waals surface area (Å²) >= 11 is 0. The zero-order valence-electron chi connectivity index (χ0n) is 19.1. The van der Waals surface area contributed by atoms with Gasteiger partial charge in [0.25, 0.3) is 11.1 Å². The summed E-state index contributed by atoms with van der Waals surface area (Å²) in [6.07, 6.45) is 1.59. The molecule has 36 heavy (non-hydrogen) atoms. The molecule has 6 heterocycles. The van der Waals surface area contributed by atoms with Gasteiger partial charge < -0.3 is 33.2 Å². The van der Waals surface area contributed by atoms with Gasteiger partial charge in [0.15, 0.2) is 12.6 Å². The predicted molar refractivity (Wildman–Crippen MR) is 125 cm³/mol. The van der Waals surface area contributed by atoms with E-state index in [1.165, 1.54) is 39.6 Å².